The first-order valence-electron chi connectivity index (χ1n) is 9.83. The summed E-state index contributed by atoms with van der Waals surface area (Å²) in [6, 6.07) is 8.45. The van der Waals surface area contributed by atoms with Gasteiger partial charge in [0.05, 0.1) is 11.6 Å². The molecule has 0 aliphatic carbocycles. The first-order chi connectivity index (χ1) is 15.6. The molecule has 12 heteroatoms. The Morgan fingerprint density at radius 2 is 1.70 bits per heavy atom. The summed E-state index contributed by atoms with van der Waals surface area (Å²) in [6.07, 6.45) is -4.78. The Hall–Kier alpha value is -3.05. The molecule has 2 aromatic carbocycles. The molecule has 0 atom stereocenters. The minimum absolute atomic E-state index is 0.0600. The average molecular weight is 490 g/mol. The number of hydrogen-bond donors (Lipinski definition) is 1. The number of rotatable bonds is 7. The van der Waals surface area contributed by atoms with Gasteiger partial charge in [0.2, 0.25) is 5.91 Å². The molecule has 0 spiro atoms. The third-order valence-electron chi connectivity index (χ3n) is 4.71. The van der Waals surface area contributed by atoms with Crippen molar-refractivity contribution < 1.29 is 36.6 Å². The third-order valence-corrected chi connectivity index (χ3v) is 5.00. The molecule has 178 valence electrons. The van der Waals surface area contributed by atoms with E-state index in [1.807, 2.05) is 4.90 Å². The quantitative estimate of drug-likeness (QED) is 0.602. The number of alkyl halides is 3. The Morgan fingerprint density at radius 3 is 2.30 bits per heavy atom. The number of benzene rings is 2. The van der Waals surface area contributed by atoms with Gasteiger partial charge in [-0.2, -0.15) is 0 Å². The van der Waals surface area contributed by atoms with Crippen LogP contribution in [0.4, 0.5) is 23.2 Å². The van der Waals surface area contributed by atoms with Crippen molar-refractivity contribution in [2.75, 3.05) is 44.6 Å². The molecule has 33 heavy (non-hydrogen) atoms. The summed E-state index contributed by atoms with van der Waals surface area (Å²) in [5, 5.41) is 2.67. The van der Waals surface area contributed by atoms with Crippen LogP contribution in [0.5, 0.6) is 11.5 Å². The van der Waals surface area contributed by atoms with Gasteiger partial charge in [0.25, 0.3) is 5.91 Å². The largest absolute Gasteiger partial charge is 0.573 e. The fourth-order valence-corrected chi connectivity index (χ4v) is 3.34. The van der Waals surface area contributed by atoms with Crippen molar-refractivity contribution in [2.24, 2.45) is 0 Å². The number of halogens is 5. The fraction of sp³-hybridized carbons (Fsp3) is 0.333. The zero-order valence-corrected chi connectivity index (χ0v) is 18.0. The zero-order chi connectivity index (χ0) is 24.0. The van der Waals surface area contributed by atoms with Gasteiger partial charge in [-0.1, -0.05) is 11.6 Å². The van der Waals surface area contributed by atoms with Crippen molar-refractivity contribution in [3.05, 3.63) is 53.3 Å². The summed E-state index contributed by atoms with van der Waals surface area (Å²) in [4.78, 5) is 28.0. The Kier molecular flexibility index (Phi) is 7.98. The maximum absolute atomic E-state index is 13.1. The molecule has 1 aliphatic heterocycles. The predicted molar refractivity (Wildman–Crippen MR) is 112 cm³/mol. The van der Waals surface area contributed by atoms with Gasteiger partial charge in [-0.25, -0.2) is 4.39 Å². The monoisotopic (exact) mass is 489 g/mol. The van der Waals surface area contributed by atoms with E-state index in [1.54, 1.807) is 4.90 Å². The van der Waals surface area contributed by atoms with E-state index in [1.165, 1.54) is 24.3 Å². The first-order valence-corrected chi connectivity index (χ1v) is 10.2. The van der Waals surface area contributed by atoms with Crippen molar-refractivity contribution in [2.45, 2.75) is 6.36 Å². The molecular formula is C21H20ClF4N3O4. The van der Waals surface area contributed by atoms with Crippen molar-refractivity contribution in [3.63, 3.8) is 0 Å². The molecule has 7 nitrogen and oxygen atoms in total. The molecule has 1 heterocycles. The van der Waals surface area contributed by atoms with Gasteiger partial charge >= 0.3 is 6.36 Å². The molecule has 0 aromatic heterocycles. The average Bonchev–Trinajstić information content (AvgIpc) is 2.74. The Morgan fingerprint density at radius 1 is 1.03 bits per heavy atom. The second-order valence-electron chi connectivity index (χ2n) is 7.14. The van der Waals surface area contributed by atoms with E-state index < -0.39 is 12.2 Å². The molecule has 1 saturated heterocycles. The lowest BCUT2D eigenvalue weighted by atomic mass is 10.3. The summed E-state index contributed by atoms with van der Waals surface area (Å²) in [6.45, 7) is 1.49. The zero-order valence-electron chi connectivity index (χ0n) is 17.2. The SMILES string of the molecule is O=C(CN1CCN(C(=O)COc2ccc(F)cc2Cl)CC1)Nc1ccc(OC(F)(F)F)cc1. The van der Waals surface area contributed by atoms with Crippen LogP contribution in [0, 0.1) is 5.82 Å². The smallest absolute Gasteiger partial charge is 0.482 e. The van der Waals surface area contributed by atoms with Crippen molar-refractivity contribution in [1.82, 2.24) is 9.80 Å². The molecule has 2 aromatic rings. The van der Waals surface area contributed by atoms with Crippen LogP contribution in [0.3, 0.4) is 0 Å². The summed E-state index contributed by atoms with van der Waals surface area (Å²) in [7, 11) is 0. The van der Waals surface area contributed by atoms with Crippen LogP contribution in [-0.2, 0) is 9.59 Å². The number of ether oxygens (including phenoxy) is 2. The molecular weight excluding hydrogens is 470 g/mol. The maximum Gasteiger partial charge on any atom is 0.573 e. The summed E-state index contributed by atoms with van der Waals surface area (Å²) < 4.78 is 58.8. The van der Waals surface area contributed by atoms with E-state index in [2.05, 4.69) is 10.1 Å². The summed E-state index contributed by atoms with van der Waals surface area (Å²) in [5.74, 6) is -1.28. The predicted octanol–water partition coefficient (Wildman–Crippen LogP) is 3.54. The highest BCUT2D eigenvalue weighted by molar-refractivity contribution is 6.32. The molecule has 0 unspecified atom stereocenters. The lowest BCUT2D eigenvalue weighted by molar-refractivity contribution is -0.274. The summed E-state index contributed by atoms with van der Waals surface area (Å²) >= 11 is 5.87. The van der Waals surface area contributed by atoms with E-state index in [4.69, 9.17) is 16.3 Å². The van der Waals surface area contributed by atoms with Crippen molar-refractivity contribution in [3.8, 4) is 11.5 Å². The minimum Gasteiger partial charge on any atom is -0.482 e. The highest BCUT2D eigenvalue weighted by atomic mass is 35.5. The number of anilines is 1. The van der Waals surface area contributed by atoms with Crippen LogP contribution in [0.2, 0.25) is 5.02 Å². The van der Waals surface area contributed by atoms with Gasteiger partial charge in [0.1, 0.15) is 17.3 Å². The van der Waals surface area contributed by atoms with Gasteiger partial charge in [0.15, 0.2) is 6.61 Å². The topological polar surface area (TPSA) is 71.1 Å². The lowest BCUT2D eigenvalue weighted by Crippen LogP contribution is -2.51. The Bertz CT molecular complexity index is 980. The molecule has 2 amide bonds. The molecule has 3 rings (SSSR count). The van der Waals surface area contributed by atoms with Crippen LogP contribution in [0.25, 0.3) is 0 Å². The van der Waals surface area contributed by atoms with Gasteiger partial charge in [-0.3, -0.25) is 14.5 Å². The van der Waals surface area contributed by atoms with Gasteiger partial charge in [0, 0.05) is 31.9 Å². The number of hydrogen-bond acceptors (Lipinski definition) is 5. The van der Waals surface area contributed by atoms with Crippen molar-refractivity contribution in [1.29, 1.82) is 0 Å². The number of amides is 2. The van der Waals surface area contributed by atoms with Crippen LogP contribution in [-0.4, -0.2) is 67.3 Å². The fourth-order valence-electron chi connectivity index (χ4n) is 3.12. The molecule has 1 aliphatic rings. The number of nitrogens with zero attached hydrogens (tertiary/aromatic N) is 2. The van der Waals surface area contributed by atoms with E-state index in [0.717, 1.165) is 18.2 Å². The highest BCUT2D eigenvalue weighted by Gasteiger charge is 2.31. The first kappa shape index (κ1) is 24.6. The lowest BCUT2D eigenvalue weighted by Gasteiger charge is -2.34. The van der Waals surface area contributed by atoms with E-state index in [-0.39, 0.29) is 41.5 Å². The molecule has 0 radical (unpaired) electrons. The van der Waals surface area contributed by atoms with E-state index >= 15 is 0 Å². The number of nitrogens with one attached hydrogen (secondary N) is 1. The Balaban J connectivity index is 1.39. The van der Waals surface area contributed by atoms with E-state index in [9.17, 15) is 27.2 Å². The Labute approximate surface area is 191 Å². The molecule has 1 N–H and O–H groups in total. The van der Waals surface area contributed by atoms with Gasteiger partial charge < -0.3 is 19.7 Å². The minimum atomic E-state index is -4.78. The number of carbonyl (C=O) groups excluding carboxylic acids is 2. The summed E-state index contributed by atoms with van der Waals surface area (Å²) in [5.41, 5.74) is 0.333. The molecule has 1 fully saturated rings. The van der Waals surface area contributed by atoms with Crippen LogP contribution < -0.4 is 14.8 Å². The normalized spacial score (nSPS) is 14.6. The van der Waals surface area contributed by atoms with Gasteiger partial charge in [-0.15, -0.1) is 13.2 Å². The second-order valence-corrected chi connectivity index (χ2v) is 7.55. The van der Waals surface area contributed by atoms with Crippen LogP contribution in [0.15, 0.2) is 42.5 Å². The number of piperazine rings is 1. The highest BCUT2D eigenvalue weighted by Crippen LogP contribution is 2.25. The third kappa shape index (κ3) is 7.79. The van der Waals surface area contributed by atoms with Crippen LogP contribution >= 0.6 is 11.6 Å². The van der Waals surface area contributed by atoms with Crippen LogP contribution in [0.1, 0.15) is 0 Å². The maximum atomic E-state index is 13.1. The standard InChI is InChI=1S/C21H20ClF4N3O4/c22-17-11-14(23)1-6-18(17)32-13-20(31)29-9-7-28(8-10-29)12-19(30)27-15-2-4-16(5-3-15)33-21(24,25)26/h1-6,11H,7-10,12-13H2,(H,27,30). The van der Waals surface area contributed by atoms with E-state index in [0.29, 0.717) is 31.9 Å². The van der Waals surface area contributed by atoms with Crippen molar-refractivity contribution >= 4 is 29.1 Å². The molecule has 0 bridgehead atoms. The van der Waals surface area contributed by atoms with Gasteiger partial charge in [-0.05, 0) is 42.5 Å². The number of carbonyl (C=O) groups is 2. The second kappa shape index (κ2) is 10.7. The molecule has 0 saturated carbocycles.